The number of carbonyl (C=O) groups excluding carboxylic acids is 2. The van der Waals surface area contributed by atoms with Crippen LogP contribution >= 0.6 is 0 Å². The summed E-state index contributed by atoms with van der Waals surface area (Å²) in [6.07, 6.45) is 2.53. The highest BCUT2D eigenvalue weighted by molar-refractivity contribution is 6.46. The van der Waals surface area contributed by atoms with Gasteiger partial charge in [-0.1, -0.05) is 32.4 Å². The van der Waals surface area contributed by atoms with E-state index in [0.717, 1.165) is 36.1 Å². The summed E-state index contributed by atoms with van der Waals surface area (Å²) >= 11 is 0. The van der Waals surface area contributed by atoms with E-state index in [9.17, 15) is 14.7 Å². The van der Waals surface area contributed by atoms with Crippen LogP contribution in [0.15, 0.2) is 48.0 Å². The quantitative estimate of drug-likeness (QED) is 0.339. The number of unbranched alkanes of at least 4 members (excludes halogenated alkanes) is 1. The van der Waals surface area contributed by atoms with E-state index in [-0.39, 0.29) is 11.3 Å². The number of hydrogen-bond acceptors (Lipinski definition) is 5. The molecule has 1 aliphatic heterocycles. The van der Waals surface area contributed by atoms with E-state index < -0.39 is 17.7 Å². The Kier molecular flexibility index (Phi) is 7.57. The average molecular weight is 438 g/mol. The molecule has 2 aromatic carbocycles. The van der Waals surface area contributed by atoms with Gasteiger partial charge in [0.25, 0.3) is 11.7 Å². The monoisotopic (exact) mass is 437 g/mol. The first-order valence-corrected chi connectivity index (χ1v) is 11.1. The Bertz CT molecular complexity index is 1030. The lowest BCUT2D eigenvalue weighted by molar-refractivity contribution is -0.139. The van der Waals surface area contributed by atoms with Crippen LogP contribution in [0.4, 0.5) is 0 Å². The molecule has 1 aliphatic rings. The predicted octanol–water partition coefficient (Wildman–Crippen LogP) is 5.01. The van der Waals surface area contributed by atoms with E-state index in [4.69, 9.17) is 9.47 Å². The Morgan fingerprint density at radius 3 is 2.53 bits per heavy atom. The summed E-state index contributed by atoms with van der Waals surface area (Å²) in [5.41, 5.74) is 2.15. The first kappa shape index (κ1) is 23.4. The number of methoxy groups -OCH3 is 1. The van der Waals surface area contributed by atoms with Crippen LogP contribution in [0.5, 0.6) is 11.5 Å². The van der Waals surface area contributed by atoms with Gasteiger partial charge < -0.3 is 19.5 Å². The first-order chi connectivity index (χ1) is 15.4. The molecule has 0 aliphatic carbocycles. The van der Waals surface area contributed by atoms with Crippen molar-refractivity contribution in [3.63, 3.8) is 0 Å². The van der Waals surface area contributed by atoms with Crippen LogP contribution in [0.1, 0.15) is 55.8 Å². The average Bonchev–Trinajstić information content (AvgIpc) is 3.06. The van der Waals surface area contributed by atoms with Crippen molar-refractivity contribution in [3.8, 4) is 11.5 Å². The van der Waals surface area contributed by atoms with E-state index in [1.54, 1.807) is 42.3 Å². The van der Waals surface area contributed by atoms with Gasteiger partial charge in [0.05, 0.1) is 25.3 Å². The number of ketones is 1. The van der Waals surface area contributed by atoms with Crippen LogP contribution in [-0.4, -0.2) is 42.0 Å². The molecule has 1 atom stereocenters. The molecule has 2 aromatic rings. The summed E-state index contributed by atoms with van der Waals surface area (Å²) in [4.78, 5) is 27.5. The number of benzene rings is 2. The highest BCUT2D eigenvalue weighted by atomic mass is 16.5. The maximum Gasteiger partial charge on any atom is 0.295 e. The minimum atomic E-state index is -0.673. The second kappa shape index (κ2) is 10.4. The van der Waals surface area contributed by atoms with Gasteiger partial charge in [0.15, 0.2) is 0 Å². The molecule has 1 unspecified atom stereocenters. The van der Waals surface area contributed by atoms with E-state index in [1.807, 2.05) is 32.9 Å². The number of aryl methyl sites for hydroxylation is 1. The van der Waals surface area contributed by atoms with Gasteiger partial charge in [-0.05, 0) is 61.2 Å². The molecule has 1 saturated heterocycles. The molecule has 3 rings (SSSR count). The van der Waals surface area contributed by atoms with Crippen molar-refractivity contribution in [1.82, 2.24) is 4.90 Å². The van der Waals surface area contributed by atoms with Gasteiger partial charge in [-0.15, -0.1) is 0 Å². The van der Waals surface area contributed by atoms with Gasteiger partial charge in [-0.25, -0.2) is 0 Å². The number of Topliss-reactive ketones (excluding diaryl/α,β-unsaturated/α-hetero) is 1. The number of rotatable bonds is 9. The molecule has 0 radical (unpaired) electrons. The number of nitrogens with zero attached hydrogens (tertiary/aromatic N) is 1. The summed E-state index contributed by atoms with van der Waals surface area (Å²) in [6.45, 7) is 6.99. The smallest absolute Gasteiger partial charge is 0.295 e. The Morgan fingerprint density at radius 2 is 1.88 bits per heavy atom. The second-order valence-electron chi connectivity index (χ2n) is 7.95. The molecular formula is C26H31NO5. The minimum absolute atomic E-state index is 0.0981. The molecule has 32 heavy (non-hydrogen) atoms. The van der Waals surface area contributed by atoms with Crippen molar-refractivity contribution in [1.29, 1.82) is 0 Å². The van der Waals surface area contributed by atoms with Crippen LogP contribution < -0.4 is 9.47 Å². The molecule has 1 amide bonds. The number of carbonyl (C=O) groups is 2. The second-order valence-corrected chi connectivity index (χ2v) is 7.95. The normalized spacial score (nSPS) is 17.6. The van der Waals surface area contributed by atoms with Crippen molar-refractivity contribution in [2.75, 3.05) is 20.3 Å². The molecule has 0 bridgehead atoms. The summed E-state index contributed by atoms with van der Waals surface area (Å²) in [5, 5.41) is 11.2. The zero-order chi connectivity index (χ0) is 23.3. The largest absolute Gasteiger partial charge is 0.507 e. The zero-order valence-electron chi connectivity index (χ0n) is 19.2. The van der Waals surface area contributed by atoms with Crippen LogP contribution in [-0.2, 0) is 9.59 Å². The maximum atomic E-state index is 13.1. The number of amides is 1. The van der Waals surface area contributed by atoms with E-state index in [2.05, 4.69) is 0 Å². The lowest BCUT2D eigenvalue weighted by Gasteiger charge is -2.25. The lowest BCUT2D eigenvalue weighted by atomic mass is 9.94. The Hall–Kier alpha value is -3.28. The molecule has 170 valence electrons. The van der Waals surface area contributed by atoms with Gasteiger partial charge in [0.1, 0.15) is 17.3 Å². The van der Waals surface area contributed by atoms with Crippen LogP contribution in [0.2, 0.25) is 0 Å². The Balaban J connectivity index is 2.11. The zero-order valence-corrected chi connectivity index (χ0v) is 19.2. The van der Waals surface area contributed by atoms with E-state index in [0.29, 0.717) is 24.5 Å². The molecular weight excluding hydrogens is 406 g/mol. The van der Waals surface area contributed by atoms with Crippen molar-refractivity contribution in [3.05, 3.63) is 64.7 Å². The Morgan fingerprint density at radius 1 is 1.09 bits per heavy atom. The van der Waals surface area contributed by atoms with Crippen LogP contribution in [0, 0.1) is 6.92 Å². The topological polar surface area (TPSA) is 76.1 Å². The summed E-state index contributed by atoms with van der Waals surface area (Å²) in [7, 11) is 1.57. The number of aliphatic hydroxyl groups is 1. The van der Waals surface area contributed by atoms with Gasteiger partial charge >= 0.3 is 0 Å². The molecule has 6 heteroatoms. The van der Waals surface area contributed by atoms with Crippen molar-refractivity contribution in [2.45, 2.75) is 46.1 Å². The van der Waals surface area contributed by atoms with Crippen LogP contribution in [0.3, 0.4) is 0 Å². The Labute approximate surface area is 189 Å². The van der Waals surface area contributed by atoms with Gasteiger partial charge in [-0.3, -0.25) is 9.59 Å². The summed E-state index contributed by atoms with van der Waals surface area (Å²) in [5.74, 6) is -0.0869. The molecule has 1 N–H and O–H groups in total. The van der Waals surface area contributed by atoms with Crippen molar-refractivity contribution < 1.29 is 24.2 Å². The molecule has 6 nitrogen and oxygen atoms in total. The van der Waals surface area contributed by atoms with Crippen molar-refractivity contribution >= 4 is 17.4 Å². The highest BCUT2D eigenvalue weighted by Crippen LogP contribution is 2.40. The fourth-order valence-corrected chi connectivity index (χ4v) is 3.92. The maximum absolute atomic E-state index is 13.1. The lowest BCUT2D eigenvalue weighted by Crippen LogP contribution is -2.30. The van der Waals surface area contributed by atoms with Crippen LogP contribution in [0.25, 0.3) is 5.76 Å². The standard InChI is InChI=1S/C26H31NO5/c1-5-7-13-27-23(18-9-8-10-20(16-18)31-4)22(25(29)26(27)30)24(28)19-11-12-21(17(3)15-19)32-14-6-2/h8-12,15-16,23,28H,5-7,13-14H2,1-4H3/b24-22-. The molecule has 1 fully saturated rings. The fraction of sp³-hybridized carbons (Fsp3) is 0.385. The van der Waals surface area contributed by atoms with Gasteiger partial charge in [0, 0.05) is 12.1 Å². The molecule has 1 heterocycles. The minimum Gasteiger partial charge on any atom is -0.507 e. The molecule has 0 aromatic heterocycles. The summed E-state index contributed by atoms with van der Waals surface area (Å²) in [6, 6.07) is 11.9. The number of ether oxygens (including phenoxy) is 2. The molecule has 0 spiro atoms. The third-order valence-electron chi connectivity index (χ3n) is 5.61. The number of likely N-dealkylation sites (tertiary alicyclic amines) is 1. The van der Waals surface area contributed by atoms with Gasteiger partial charge in [0.2, 0.25) is 0 Å². The third-order valence-corrected chi connectivity index (χ3v) is 5.61. The SMILES string of the molecule is CCCCN1C(=O)C(=O)/C(=C(\O)c2ccc(OCCC)c(C)c2)C1c1cccc(OC)c1. The van der Waals surface area contributed by atoms with E-state index in [1.165, 1.54) is 0 Å². The van der Waals surface area contributed by atoms with E-state index >= 15 is 0 Å². The fourth-order valence-electron chi connectivity index (χ4n) is 3.92. The predicted molar refractivity (Wildman–Crippen MR) is 124 cm³/mol. The number of aliphatic hydroxyl groups excluding tert-OH is 1. The van der Waals surface area contributed by atoms with Crippen molar-refractivity contribution in [2.24, 2.45) is 0 Å². The first-order valence-electron chi connectivity index (χ1n) is 11.1. The third kappa shape index (κ3) is 4.64. The highest BCUT2D eigenvalue weighted by Gasteiger charge is 2.45. The molecule has 0 saturated carbocycles. The summed E-state index contributed by atoms with van der Waals surface area (Å²) < 4.78 is 11.1. The number of hydrogen-bond donors (Lipinski definition) is 1. The van der Waals surface area contributed by atoms with Gasteiger partial charge in [-0.2, -0.15) is 0 Å².